The maximum absolute atomic E-state index is 12.9. The molecule has 10 heteroatoms. The maximum Gasteiger partial charge on any atom is 0.242 e. The molecule has 1 aromatic rings. The van der Waals surface area contributed by atoms with Crippen LogP contribution < -0.4 is 10.7 Å². The molecule has 0 unspecified atom stereocenters. The Labute approximate surface area is 175 Å². The topological polar surface area (TPSA) is 115 Å². The fraction of sp³-hybridized carbons (Fsp3) is 0.684. The van der Waals surface area contributed by atoms with Gasteiger partial charge in [0.15, 0.2) is 5.13 Å². The summed E-state index contributed by atoms with van der Waals surface area (Å²) in [5.41, 5.74) is 3.64. The number of rotatable bonds is 11. The van der Waals surface area contributed by atoms with E-state index in [2.05, 4.69) is 15.7 Å². The quantitative estimate of drug-likeness (QED) is 0.284. The summed E-state index contributed by atoms with van der Waals surface area (Å²) in [5, 5.41) is 16.8. The molecule has 9 nitrogen and oxygen atoms in total. The number of aromatic nitrogens is 1. The van der Waals surface area contributed by atoms with Crippen LogP contribution in [0.4, 0.5) is 5.13 Å². The lowest BCUT2D eigenvalue weighted by molar-refractivity contribution is -0.156. The standard InChI is InChI=1S/C19H31N5O4S/c1-13(2)24(10-17(26)21-19-20-14(3)11-29-19)22-18(27)16(9-23(28)12-25)8-15-6-4-5-7-15/h11-13,15-16,28H,4-10H2,1-3H3,(H,22,27)(H,20,21,26)/t16-/m1/s1. The first kappa shape index (κ1) is 23.2. The number of anilines is 1. The second-order valence-electron chi connectivity index (χ2n) is 7.85. The van der Waals surface area contributed by atoms with Crippen LogP contribution in [-0.2, 0) is 14.4 Å². The van der Waals surface area contributed by atoms with Gasteiger partial charge in [-0.2, -0.15) is 0 Å². The highest BCUT2D eigenvalue weighted by Gasteiger charge is 2.29. The lowest BCUT2D eigenvalue weighted by Gasteiger charge is -2.29. The van der Waals surface area contributed by atoms with E-state index in [0.717, 1.165) is 31.4 Å². The van der Waals surface area contributed by atoms with Gasteiger partial charge < -0.3 is 5.32 Å². The number of nitrogens with zero attached hydrogens (tertiary/aromatic N) is 3. The van der Waals surface area contributed by atoms with Crippen LogP contribution in [0.15, 0.2) is 5.38 Å². The highest BCUT2D eigenvalue weighted by Crippen LogP contribution is 2.30. The largest absolute Gasteiger partial charge is 0.301 e. The first-order valence-electron chi connectivity index (χ1n) is 9.98. The Kier molecular flexibility index (Phi) is 8.99. The third-order valence-corrected chi connectivity index (χ3v) is 5.92. The van der Waals surface area contributed by atoms with Crippen LogP contribution in [0.5, 0.6) is 0 Å². The smallest absolute Gasteiger partial charge is 0.242 e. The minimum atomic E-state index is -0.542. The van der Waals surface area contributed by atoms with E-state index in [9.17, 15) is 19.6 Å². The molecule has 1 fully saturated rings. The van der Waals surface area contributed by atoms with Crippen molar-refractivity contribution in [2.75, 3.05) is 18.4 Å². The molecule has 1 aliphatic carbocycles. The van der Waals surface area contributed by atoms with Crippen molar-refractivity contribution in [1.82, 2.24) is 20.5 Å². The van der Waals surface area contributed by atoms with Crippen molar-refractivity contribution in [1.29, 1.82) is 0 Å². The fourth-order valence-electron chi connectivity index (χ4n) is 3.49. The van der Waals surface area contributed by atoms with Crippen LogP contribution in [0.1, 0.15) is 51.6 Å². The van der Waals surface area contributed by atoms with Crippen LogP contribution in [0.3, 0.4) is 0 Å². The van der Waals surface area contributed by atoms with Gasteiger partial charge in [0.25, 0.3) is 0 Å². The Bertz CT molecular complexity index is 690. The van der Waals surface area contributed by atoms with Gasteiger partial charge in [0.05, 0.1) is 24.7 Å². The van der Waals surface area contributed by atoms with E-state index in [0.29, 0.717) is 28.9 Å². The van der Waals surface area contributed by atoms with Crippen LogP contribution >= 0.6 is 11.3 Å². The van der Waals surface area contributed by atoms with Crippen LogP contribution in [0.2, 0.25) is 0 Å². The van der Waals surface area contributed by atoms with E-state index in [1.165, 1.54) is 11.3 Å². The van der Waals surface area contributed by atoms with Gasteiger partial charge in [-0.3, -0.25) is 25.0 Å². The Morgan fingerprint density at radius 3 is 2.62 bits per heavy atom. The summed E-state index contributed by atoms with van der Waals surface area (Å²) in [6, 6.07) is -0.119. The number of nitrogens with one attached hydrogen (secondary N) is 2. The number of hydrogen-bond donors (Lipinski definition) is 3. The minimum absolute atomic E-state index is 0.0330. The van der Waals surface area contributed by atoms with Gasteiger partial charge in [-0.05, 0) is 33.1 Å². The van der Waals surface area contributed by atoms with Crippen molar-refractivity contribution in [3.8, 4) is 0 Å². The molecule has 1 heterocycles. The molecular formula is C19H31N5O4S. The molecule has 162 valence electrons. The summed E-state index contributed by atoms with van der Waals surface area (Å²) in [6.07, 6.45) is 5.31. The van der Waals surface area contributed by atoms with E-state index in [1.54, 1.807) is 5.01 Å². The summed E-state index contributed by atoms with van der Waals surface area (Å²) in [7, 11) is 0. The Balaban J connectivity index is 1.97. The molecular weight excluding hydrogens is 394 g/mol. The highest BCUT2D eigenvalue weighted by atomic mass is 32.1. The van der Waals surface area contributed by atoms with Crippen molar-refractivity contribution in [2.45, 2.75) is 58.9 Å². The van der Waals surface area contributed by atoms with E-state index < -0.39 is 5.92 Å². The van der Waals surface area contributed by atoms with Crippen molar-refractivity contribution in [2.24, 2.45) is 11.8 Å². The number of aryl methyl sites for hydroxylation is 1. The minimum Gasteiger partial charge on any atom is -0.301 e. The molecule has 2 rings (SSSR count). The van der Waals surface area contributed by atoms with Gasteiger partial charge >= 0.3 is 0 Å². The number of thiazole rings is 1. The molecule has 29 heavy (non-hydrogen) atoms. The van der Waals surface area contributed by atoms with Gasteiger partial charge in [-0.1, -0.05) is 25.7 Å². The fourth-order valence-corrected chi connectivity index (χ4v) is 4.20. The number of hydrazine groups is 1. The Hall–Kier alpha value is -2.04. The molecule has 0 aliphatic heterocycles. The van der Waals surface area contributed by atoms with Crippen molar-refractivity contribution < 1.29 is 19.6 Å². The predicted octanol–water partition coefficient (Wildman–Crippen LogP) is 2.18. The second-order valence-corrected chi connectivity index (χ2v) is 8.71. The van der Waals surface area contributed by atoms with E-state index >= 15 is 0 Å². The van der Waals surface area contributed by atoms with Crippen LogP contribution in [-0.4, -0.2) is 57.6 Å². The predicted molar refractivity (Wildman–Crippen MR) is 110 cm³/mol. The summed E-state index contributed by atoms with van der Waals surface area (Å²) >= 11 is 1.34. The number of hydroxylamine groups is 2. The number of amides is 3. The number of carbonyl (C=O) groups is 3. The van der Waals surface area contributed by atoms with Crippen molar-refractivity contribution in [3.63, 3.8) is 0 Å². The molecule has 0 radical (unpaired) electrons. The van der Waals surface area contributed by atoms with Crippen LogP contribution in [0, 0.1) is 18.8 Å². The van der Waals surface area contributed by atoms with E-state index in [1.807, 2.05) is 26.2 Å². The lowest BCUT2D eigenvalue weighted by atomic mass is 9.92. The van der Waals surface area contributed by atoms with Crippen molar-refractivity contribution in [3.05, 3.63) is 11.1 Å². The number of carbonyl (C=O) groups excluding carboxylic acids is 3. The normalized spacial score (nSPS) is 15.5. The third kappa shape index (κ3) is 7.71. The van der Waals surface area contributed by atoms with Gasteiger partial charge in [-0.25, -0.2) is 15.1 Å². The molecule has 1 atom stereocenters. The SMILES string of the molecule is Cc1csc(NC(=O)CN(NC(=O)[C@H](CC2CCCC2)CN(O)C=O)C(C)C)n1. The van der Waals surface area contributed by atoms with Crippen molar-refractivity contribution >= 4 is 34.7 Å². The van der Waals surface area contributed by atoms with Gasteiger partial charge in [0, 0.05) is 11.4 Å². The summed E-state index contributed by atoms with van der Waals surface area (Å²) in [6.45, 7) is 5.49. The molecule has 0 aromatic carbocycles. The van der Waals surface area contributed by atoms with E-state index in [-0.39, 0.29) is 30.9 Å². The monoisotopic (exact) mass is 425 g/mol. The van der Waals surface area contributed by atoms with Gasteiger partial charge in [0.2, 0.25) is 18.2 Å². The average molecular weight is 426 g/mol. The zero-order chi connectivity index (χ0) is 21.4. The zero-order valence-corrected chi connectivity index (χ0v) is 18.1. The number of hydrogen-bond acceptors (Lipinski definition) is 7. The molecule has 3 N–H and O–H groups in total. The summed E-state index contributed by atoms with van der Waals surface area (Å²) in [5.74, 6) is -0.712. The molecule has 1 saturated carbocycles. The highest BCUT2D eigenvalue weighted by molar-refractivity contribution is 7.13. The summed E-state index contributed by atoms with van der Waals surface area (Å²) in [4.78, 5) is 40.3. The lowest BCUT2D eigenvalue weighted by Crippen LogP contribution is -2.52. The molecule has 0 saturated heterocycles. The van der Waals surface area contributed by atoms with Gasteiger partial charge in [0.1, 0.15) is 0 Å². The Morgan fingerprint density at radius 2 is 2.07 bits per heavy atom. The molecule has 3 amide bonds. The molecule has 1 aliphatic rings. The molecule has 0 spiro atoms. The summed E-state index contributed by atoms with van der Waals surface area (Å²) < 4.78 is 0. The maximum atomic E-state index is 12.9. The second kappa shape index (κ2) is 11.2. The van der Waals surface area contributed by atoms with Crippen LogP contribution in [0.25, 0.3) is 0 Å². The Morgan fingerprint density at radius 1 is 1.38 bits per heavy atom. The third-order valence-electron chi connectivity index (χ3n) is 5.05. The zero-order valence-electron chi connectivity index (χ0n) is 17.3. The van der Waals surface area contributed by atoms with Gasteiger partial charge in [-0.15, -0.1) is 11.3 Å². The first-order chi connectivity index (χ1) is 13.8. The first-order valence-corrected chi connectivity index (χ1v) is 10.9. The molecule has 1 aromatic heterocycles. The van der Waals surface area contributed by atoms with E-state index in [4.69, 9.17) is 0 Å². The average Bonchev–Trinajstić information content (AvgIpc) is 3.31. The molecule has 0 bridgehead atoms.